The molecule has 1 aliphatic heterocycles. The van der Waals surface area contributed by atoms with Crippen LogP contribution in [-0.4, -0.2) is 18.1 Å². The molecule has 1 fully saturated rings. The van der Waals surface area contributed by atoms with Crippen molar-refractivity contribution >= 4 is 5.82 Å². The molecular formula is C16H27N3. The second-order valence-electron chi connectivity index (χ2n) is 5.93. The Morgan fingerprint density at radius 3 is 2.47 bits per heavy atom. The maximum atomic E-state index is 5.95. The predicted octanol–water partition coefficient (Wildman–Crippen LogP) is 3.51. The van der Waals surface area contributed by atoms with Gasteiger partial charge in [0.25, 0.3) is 0 Å². The number of aromatic nitrogens is 1. The number of hydrogen-bond donors (Lipinski definition) is 1. The molecule has 3 nitrogen and oxygen atoms in total. The van der Waals surface area contributed by atoms with Gasteiger partial charge in [-0.1, -0.05) is 26.7 Å². The van der Waals surface area contributed by atoms with E-state index in [9.17, 15) is 0 Å². The van der Waals surface area contributed by atoms with Gasteiger partial charge in [-0.3, -0.25) is 0 Å². The quantitative estimate of drug-likeness (QED) is 0.902. The molecule has 19 heavy (non-hydrogen) atoms. The highest BCUT2D eigenvalue weighted by Crippen LogP contribution is 2.38. The van der Waals surface area contributed by atoms with Crippen LogP contribution < -0.4 is 10.6 Å². The Morgan fingerprint density at radius 2 is 1.95 bits per heavy atom. The van der Waals surface area contributed by atoms with Gasteiger partial charge in [-0.15, -0.1) is 0 Å². The van der Waals surface area contributed by atoms with Gasteiger partial charge < -0.3 is 10.6 Å². The summed E-state index contributed by atoms with van der Waals surface area (Å²) in [5.41, 5.74) is 7.69. The third-order valence-corrected chi connectivity index (χ3v) is 4.94. The van der Waals surface area contributed by atoms with Crippen LogP contribution >= 0.6 is 0 Å². The SMILES string of the molecule is CCC1(CC)CCN(c2cc(C(C)N)ccn2)CC1. The highest BCUT2D eigenvalue weighted by Gasteiger charge is 2.31. The molecule has 0 aromatic carbocycles. The van der Waals surface area contributed by atoms with Crippen molar-refractivity contribution in [2.75, 3.05) is 18.0 Å². The first-order chi connectivity index (χ1) is 9.10. The molecule has 0 bridgehead atoms. The van der Waals surface area contributed by atoms with Crippen molar-refractivity contribution < 1.29 is 0 Å². The molecule has 2 rings (SSSR count). The number of hydrogen-bond acceptors (Lipinski definition) is 3. The zero-order chi connectivity index (χ0) is 13.9. The summed E-state index contributed by atoms with van der Waals surface area (Å²) in [5.74, 6) is 1.09. The van der Waals surface area contributed by atoms with Crippen molar-refractivity contribution in [2.45, 2.75) is 52.5 Å². The van der Waals surface area contributed by atoms with Gasteiger partial charge >= 0.3 is 0 Å². The minimum atomic E-state index is 0.0805. The maximum Gasteiger partial charge on any atom is 0.128 e. The van der Waals surface area contributed by atoms with Crippen molar-refractivity contribution in [2.24, 2.45) is 11.1 Å². The fourth-order valence-electron chi connectivity index (χ4n) is 3.06. The average molecular weight is 261 g/mol. The van der Waals surface area contributed by atoms with E-state index < -0.39 is 0 Å². The molecular weight excluding hydrogens is 234 g/mol. The van der Waals surface area contributed by atoms with Crippen molar-refractivity contribution in [1.82, 2.24) is 4.98 Å². The van der Waals surface area contributed by atoms with Crippen LogP contribution in [0.3, 0.4) is 0 Å². The normalized spacial score (nSPS) is 20.3. The summed E-state index contributed by atoms with van der Waals surface area (Å²) in [6, 6.07) is 4.24. The standard InChI is InChI=1S/C16H27N3/c1-4-16(5-2)7-10-19(11-8-16)15-12-14(13(3)17)6-9-18-15/h6,9,12-13H,4-5,7-8,10-11,17H2,1-3H3. The maximum absolute atomic E-state index is 5.95. The molecule has 3 heteroatoms. The Kier molecular flexibility index (Phi) is 4.46. The Hall–Kier alpha value is -1.09. The van der Waals surface area contributed by atoms with E-state index in [1.807, 2.05) is 19.2 Å². The minimum absolute atomic E-state index is 0.0805. The van der Waals surface area contributed by atoms with Gasteiger partial charge in [-0.25, -0.2) is 4.98 Å². The van der Waals surface area contributed by atoms with Gasteiger partial charge in [0.1, 0.15) is 5.82 Å². The van der Waals surface area contributed by atoms with E-state index in [2.05, 4.69) is 29.8 Å². The van der Waals surface area contributed by atoms with Crippen LogP contribution in [-0.2, 0) is 0 Å². The molecule has 1 aromatic heterocycles. The lowest BCUT2D eigenvalue weighted by Crippen LogP contribution is -2.40. The van der Waals surface area contributed by atoms with E-state index in [0.29, 0.717) is 5.41 Å². The van der Waals surface area contributed by atoms with Crippen molar-refractivity contribution in [1.29, 1.82) is 0 Å². The number of nitrogens with zero attached hydrogens (tertiary/aromatic N) is 2. The van der Waals surface area contributed by atoms with E-state index in [1.165, 1.54) is 31.2 Å². The summed E-state index contributed by atoms with van der Waals surface area (Å²) in [7, 11) is 0. The molecule has 0 saturated carbocycles. The summed E-state index contributed by atoms with van der Waals surface area (Å²) < 4.78 is 0. The summed E-state index contributed by atoms with van der Waals surface area (Å²) in [6.45, 7) is 8.92. The zero-order valence-electron chi connectivity index (χ0n) is 12.5. The second kappa shape index (κ2) is 5.91. The molecule has 1 aliphatic rings. The van der Waals surface area contributed by atoms with Crippen LogP contribution in [0.5, 0.6) is 0 Å². The van der Waals surface area contributed by atoms with E-state index in [1.54, 1.807) is 0 Å². The molecule has 0 amide bonds. The first kappa shape index (κ1) is 14.3. The Labute approximate surface area is 117 Å². The summed E-state index contributed by atoms with van der Waals surface area (Å²) in [5, 5.41) is 0. The molecule has 1 saturated heterocycles. The number of rotatable bonds is 4. The molecule has 1 unspecified atom stereocenters. The van der Waals surface area contributed by atoms with E-state index in [0.717, 1.165) is 18.9 Å². The summed E-state index contributed by atoms with van der Waals surface area (Å²) in [4.78, 5) is 6.93. The molecule has 2 N–H and O–H groups in total. The van der Waals surface area contributed by atoms with Gasteiger partial charge in [0, 0.05) is 25.3 Å². The molecule has 2 heterocycles. The summed E-state index contributed by atoms with van der Waals surface area (Å²) >= 11 is 0. The van der Waals surface area contributed by atoms with Gasteiger partial charge in [0.15, 0.2) is 0 Å². The molecule has 0 radical (unpaired) electrons. The van der Waals surface area contributed by atoms with Crippen LogP contribution in [0.2, 0.25) is 0 Å². The van der Waals surface area contributed by atoms with Crippen LogP contribution in [0.15, 0.2) is 18.3 Å². The van der Waals surface area contributed by atoms with E-state index in [-0.39, 0.29) is 6.04 Å². The topological polar surface area (TPSA) is 42.1 Å². The lowest BCUT2D eigenvalue weighted by Gasteiger charge is -2.41. The van der Waals surface area contributed by atoms with Crippen molar-refractivity contribution in [3.8, 4) is 0 Å². The number of piperidine rings is 1. The third kappa shape index (κ3) is 3.08. The second-order valence-corrected chi connectivity index (χ2v) is 5.93. The van der Waals surface area contributed by atoms with Gasteiger partial charge in [-0.2, -0.15) is 0 Å². The van der Waals surface area contributed by atoms with Crippen molar-refractivity contribution in [3.05, 3.63) is 23.9 Å². The number of anilines is 1. The van der Waals surface area contributed by atoms with E-state index >= 15 is 0 Å². The summed E-state index contributed by atoms with van der Waals surface area (Å²) in [6.07, 6.45) is 7.04. The van der Waals surface area contributed by atoms with Crippen LogP contribution in [0.1, 0.15) is 58.1 Å². The minimum Gasteiger partial charge on any atom is -0.357 e. The van der Waals surface area contributed by atoms with Crippen LogP contribution in [0, 0.1) is 5.41 Å². The van der Waals surface area contributed by atoms with Crippen LogP contribution in [0.4, 0.5) is 5.82 Å². The average Bonchev–Trinajstić information content (AvgIpc) is 2.47. The highest BCUT2D eigenvalue weighted by atomic mass is 15.2. The fraction of sp³-hybridized carbons (Fsp3) is 0.688. The van der Waals surface area contributed by atoms with Gasteiger partial charge in [-0.05, 0) is 42.9 Å². The first-order valence-electron chi connectivity index (χ1n) is 7.57. The van der Waals surface area contributed by atoms with Gasteiger partial charge in [0.05, 0.1) is 0 Å². The largest absolute Gasteiger partial charge is 0.357 e. The highest BCUT2D eigenvalue weighted by molar-refractivity contribution is 5.42. The lowest BCUT2D eigenvalue weighted by atomic mass is 9.74. The Morgan fingerprint density at radius 1 is 1.32 bits per heavy atom. The van der Waals surface area contributed by atoms with Crippen molar-refractivity contribution in [3.63, 3.8) is 0 Å². The smallest absolute Gasteiger partial charge is 0.128 e. The Balaban J connectivity index is 2.07. The van der Waals surface area contributed by atoms with E-state index in [4.69, 9.17) is 5.73 Å². The first-order valence-corrected chi connectivity index (χ1v) is 7.57. The zero-order valence-corrected chi connectivity index (χ0v) is 12.5. The predicted molar refractivity (Wildman–Crippen MR) is 81.3 cm³/mol. The third-order valence-electron chi connectivity index (χ3n) is 4.94. The Bertz CT molecular complexity index is 400. The molecule has 1 aromatic rings. The molecule has 1 atom stereocenters. The fourth-order valence-corrected chi connectivity index (χ4v) is 3.06. The molecule has 0 aliphatic carbocycles. The molecule has 106 valence electrons. The van der Waals surface area contributed by atoms with Gasteiger partial charge in [0.2, 0.25) is 0 Å². The van der Waals surface area contributed by atoms with Crippen LogP contribution in [0.25, 0.3) is 0 Å². The lowest BCUT2D eigenvalue weighted by molar-refractivity contribution is 0.199. The molecule has 0 spiro atoms. The monoisotopic (exact) mass is 261 g/mol. The number of pyridine rings is 1. The number of nitrogens with two attached hydrogens (primary N) is 1.